The number of amides is 4. The van der Waals surface area contributed by atoms with Crippen molar-refractivity contribution in [3.8, 4) is 0 Å². The van der Waals surface area contributed by atoms with E-state index < -0.39 is 62.9 Å². The number of hydrogen-bond acceptors (Lipinski definition) is 4. The zero-order valence-corrected chi connectivity index (χ0v) is 20.8. The number of carbonyl (C=O) groups is 4. The number of carbonyl (C=O) groups excluding carboxylic acids is 4. The van der Waals surface area contributed by atoms with Gasteiger partial charge < -0.3 is 10.2 Å². The molecule has 4 rings (SSSR count). The van der Waals surface area contributed by atoms with Gasteiger partial charge >= 0.3 is 5.92 Å². The molecular formula is C22H11B7ClF2N3O4. The summed E-state index contributed by atoms with van der Waals surface area (Å²) in [5.74, 6) is -9.15. The third kappa shape index (κ3) is 4.26. The second-order valence-electron chi connectivity index (χ2n) is 9.46. The van der Waals surface area contributed by atoms with Crippen LogP contribution in [0.1, 0.15) is 27.0 Å². The number of nitrogens with zero attached hydrogens (tertiary/aromatic N) is 1. The van der Waals surface area contributed by atoms with Gasteiger partial charge in [-0.1, -0.05) is 41.1 Å². The molecular weight excluding hydrogens is 519 g/mol. The number of piperidine rings is 1. The smallest absolute Gasteiger partial charge is 0.349 e. The summed E-state index contributed by atoms with van der Waals surface area (Å²) in [6, 6.07) is 7.95. The summed E-state index contributed by atoms with van der Waals surface area (Å²) in [6.45, 7) is -0.433. The van der Waals surface area contributed by atoms with E-state index in [1.807, 2.05) is 10.6 Å². The van der Waals surface area contributed by atoms with Gasteiger partial charge in [0.05, 0.1) is 52.5 Å². The molecule has 0 saturated carbocycles. The van der Waals surface area contributed by atoms with Gasteiger partial charge in [-0.25, -0.2) is 0 Å². The summed E-state index contributed by atoms with van der Waals surface area (Å²) in [6.07, 6.45) is 0. The first-order valence-electron chi connectivity index (χ1n) is 11.1. The van der Waals surface area contributed by atoms with Crippen molar-refractivity contribution in [2.24, 2.45) is 0 Å². The largest absolute Gasteiger partial charge is 0.358 e. The highest BCUT2D eigenvalue weighted by Gasteiger charge is 2.63. The number of alkyl halides is 2. The SMILES string of the molecule is [B]C([B])(NC(=O)C(F)(F)c1ccc(Cl)cc1)c1ccc2c(c1)CN([C@@]1([B])C(=O)NC(=O)C([B])([B])C1([B])[B])C2=O. The van der Waals surface area contributed by atoms with E-state index in [9.17, 15) is 28.0 Å². The van der Waals surface area contributed by atoms with Crippen LogP contribution >= 0.6 is 11.6 Å². The van der Waals surface area contributed by atoms with E-state index in [-0.39, 0.29) is 21.7 Å². The van der Waals surface area contributed by atoms with Gasteiger partial charge in [-0.05, 0) is 39.9 Å². The minimum atomic E-state index is -4.03. The molecule has 2 aromatic rings. The molecule has 7 nitrogen and oxygen atoms in total. The number of hydrogen-bond donors (Lipinski definition) is 2. The van der Waals surface area contributed by atoms with Crippen molar-refractivity contribution in [2.45, 2.75) is 33.7 Å². The van der Waals surface area contributed by atoms with Gasteiger partial charge in [0, 0.05) is 22.7 Å². The summed E-state index contributed by atoms with van der Waals surface area (Å²) in [5.41, 5.74) is -3.23. The van der Waals surface area contributed by atoms with Gasteiger partial charge in [-0.3, -0.25) is 24.5 Å². The summed E-state index contributed by atoms with van der Waals surface area (Å²) < 4.78 is 29.5. The Morgan fingerprint density at radius 1 is 0.949 bits per heavy atom. The van der Waals surface area contributed by atoms with Crippen LogP contribution in [-0.4, -0.2) is 88.9 Å². The van der Waals surface area contributed by atoms with Gasteiger partial charge in [0.15, 0.2) is 0 Å². The van der Waals surface area contributed by atoms with Crippen molar-refractivity contribution < 1.29 is 28.0 Å². The first-order valence-corrected chi connectivity index (χ1v) is 11.5. The first-order chi connectivity index (χ1) is 17.8. The quantitative estimate of drug-likeness (QED) is 0.386. The molecule has 2 heterocycles. The van der Waals surface area contributed by atoms with Crippen molar-refractivity contribution >= 4 is 90.2 Å². The van der Waals surface area contributed by atoms with Crippen LogP contribution in [0.5, 0.6) is 0 Å². The van der Waals surface area contributed by atoms with Crippen LogP contribution in [0.2, 0.25) is 15.5 Å². The zero-order valence-electron chi connectivity index (χ0n) is 20.0. The normalized spacial score (nSPS) is 22.2. The second-order valence-corrected chi connectivity index (χ2v) is 9.89. The Hall–Kier alpha value is -2.88. The topological polar surface area (TPSA) is 95.6 Å². The summed E-state index contributed by atoms with van der Waals surface area (Å²) in [5, 5.41) is -3.64. The van der Waals surface area contributed by atoms with E-state index in [0.717, 1.165) is 17.0 Å². The van der Waals surface area contributed by atoms with Gasteiger partial charge in [0.1, 0.15) is 7.85 Å². The third-order valence-electron chi connectivity index (χ3n) is 6.89. The van der Waals surface area contributed by atoms with Crippen LogP contribution in [0.15, 0.2) is 42.5 Å². The monoisotopic (exact) mass is 531 g/mol. The lowest BCUT2D eigenvalue weighted by atomic mass is 9.21. The van der Waals surface area contributed by atoms with Crippen LogP contribution in [0.4, 0.5) is 8.78 Å². The minimum absolute atomic E-state index is 0.0164. The number of halogens is 3. The lowest BCUT2D eigenvalue weighted by molar-refractivity contribution is -0.147. The molecule has 2 aromatic carbocycles. The Labute approximate surface area is 236 Å². The molecule has 14 radical (unpaired) electrons. The Kier molecular flexibility index (Phi) is 6.78. The number of nitrogens with one attached hydrogen (secondary N) is 2. The number of imide groups is 1. The van der Waals surface area contributed by atoms with Crippen molar-refractivity contribution in [3.63, 3.8) is 0 Å². The molecule has 4 amide bonds. The fourth-order valence-corrected chi connectivity index (χ4v) is 4.46. The molecule has 0 bridgehead atoms. The predicted molar refractivity (Wildman–Crippen MR) is 143 cm³/mol. The fourth-order valence-electron chi connectivity index (χ4n) is 4.33. The second kappa shape index (κ2) is 9.08. The Morgan fingerprint density at radius 2 is 1.51 bits per heavy atom. The van der Waals surface area contributed by atoms with Gasteiger partial charge in [0.2, 0.25) is 11.8 Å². The maximum Gasteiger partial charge on any atom is 0.349 e. The first kappa shape index (κ1) is 29.1. The van der Waals surface area contributed by atoms with Gasteiger partial charge in [0.25, 0.3) is 11.8 Å². The molecule has 17 heteroatoms. The molecule has 0 aliphatic carbocycles. The molecule has 2 aliphatic heterocycles. The maximum atomic E-state index is 14.8. The average molecular weight is 530 g/mol. The van der Waals surface area contributed by atoms with E-state index in [1.165, 1.54) is 30.3 Å². The van der Waals surface area contributed by atoms with Gasteiger partial charge in [-0.15, -0.1) is 0 Å². The van der Waals surface area contributed by atoms with E-state index in [1.54, 1.807) is 0 Å². The molecule has 39 heavy (non-hydrogen) atoms. The van der Waals surface area contributed by atoms with Crippen molar-refractivity contribution in [2.75, 3.05) is 0 Å². The zero-order chi connectivity index (χ0) is 29.3. The number of benzene rings is 2. The summed E-state index contributed by atoms with van der Waals surface area (Å²) in [4.78, 5) is 51.4. The molecule has 0 aromatic heterocycles. The van der Waals surface area contributed by atoms with Gasteiger partial charge in [-0.2, -0.15) is 8.78 Å². The molecule has 0 unspecified atom stereocenters. The van der Waals surface area contributed by atoms with E-state index in [2.05, 4.69) is 0 Å². The van der Waals surface area contributed by atoms with Crippen LogP contribution < -0.4 is 10.6 Å². The highest BCUT2D eigenvalue weighted by molar-refractivity contribution is 6.66. The lowest BCUT2D eigenvalue weighted by Gasteiger charge is -2.60. The molecule has 180 valence electrons. The summed E-state index contributed by atoms with van der Waals surface area (Å²) in [7, 11) is 41.7. The standard InChI is InChI=1S/C22H11B7ClF2N3O4/c23-19(24)16(38)33-17(39)20(25,22(19,28)29)35-8-9-7-11(3-6-13(9)14(35)36)21(26,27)34-15(37)18(31,32)10-1-4-12(30)5-2-10/h1-7H,8H2,(H,34,37)(H,33,38,39)/t20-/m0/s1. The van der Waals surface area contributed by atoms with Crippen molar-refractivity contribution in [3.05, 3.63) is 69.7 Å². The number of fused-ring (bicyclic) bond motifs is 1. The number of rotatable bonds is 5. The average Bonchev–Trinajstić information content (AvgIpc) is 3.18. The highest BCUT2D eigenvalue weighted by atomic mass is 35.5. The minimum Gasteiger partial charge on any atom is -0.358 e. The van der Waals surface area contributed by atoms with E-state index >= 15 is 0 Å². The molecule has 1 saturated heterocycles. The van der Waals surface area contributed by atoms with E-state index in [0.29, 0.717) is 0 Å². The van der Waals surface area contributed by atoms with Crippen LogP contribution in [0.3, 0.4) is 0 Å². The highest BCUT2D eigenvalue weighted by Crippen LogP contribution is 2.55. The van der Waals surface area contributed by atoms with Crippen LogP contribution in [0.25, 0.3) is 0 Å². The molecule has 1 fully saturated rings. The maximum absolute atomic E-state index is 14.8. The lowest BCUT2D eigenvalue weighted by Crippen LogP contribution is -2.75. The Balaban J connectivity index is 1.63. The summed E-state index contributed by atoms with van der Waals surface area (Å²) >= 11 is 5.71. The predicted octanol–water partition coefficient (Wildman–Crippen LogP) is -0.921. The molecule has 1 atom stereocenters. The fraction of sp³-hybridized carbons (Fsp3) is 0.273. The van der Waals surface area contributed by atoms with E-state index in [4.69, 9.17) is 66.5 Å². The third-order valence-corrected chi connectivity index (χ3v) is 7.14. The van der Waals surface area contributed by atoms with Crippen molar-refractivity contribution in [1.82, 2.24) is 15.5 Å². The Bertz CT molecular complexity index is 1420. The molecule has 2 N–H and O–H groups in total. The molecule has 2 aliphatic rings. The molecule has 0 spiro atoms. The van der Waals surface area contributed by atoms with Crippen molar-refractivity contribution in [1.29, 1.82) is 0 Å². The Morgan fingerprint density at radius 3 is 2.10 bits per heavy atom. The van der Waals surface area contributed by atoms with Crippen LogP contribution in [0, 0.1) is 0 Å². The van der Waals surface area contributed by atoms with Crippen LogP contribution in [-0.2, 0) is 32.2 Å².